The summed E-state index contributed by atoms with van der Waals surface area (Å²) in [6.07, 6.45) is 3.57. The Morgan fingerprint density at radius 3 is 2.65 bits per heavy atom. The Morgan fingerprint density at radius 2 is 2.00 bits per heavy atom. The molecule has 2 aromatic heterocycles. The molecule has 0 spiro atoms. The van der Waals surface area contributed by atoms with E-state index in [1.807, 2.05) is 36.4 Å². The SMILES string of the molecule is CC(C)c1nc(CN=N)n(Cc2ccncc2)c1Sc1cccc(Cl)c1. The molecule has 0 aliphatic carbocycles. The summed E-state index contributed by atoms with van der Waals surface area (Å²) in [6.45, 7) is 5.18. The van der Waals surface area contributed by atoms with Gasteiger partial charge in [-0.15, -0.1) is 0 Å². The summed E-state index contributed by atoms with van der Waals surface area (Å²) in [6, 6.07) is 11.8. The lowest BCUT2D eigenvalue weighted by molar-refractivity contribution is 0.658. The van der Waals surface area contributed by atoms with Gasteiger partial charge in [-0.1, -0.05) is 43.3 Å². The lowest BCUT2D eigenvalue weighted by atomic mass is 10.1. The predicted octanol–water partition coefficient (Wildman–Crippen LogP) is 5.79. The molecule has 1 aromatic carbocycles. The maximum atomic E-state index is 7.29. The number of hydrogen-bond donors (Lipinski definition) is 1. The van der Waals surface area contributed by atoms with Gasteiger partial charge in [-0.3, -0.25) is 4.98 Å². The molecule has 7 heteroatoms. The third-order valence-corrected chi connectivity index (χ3v) is 5.24. The molecule has 0 fully saturated rings. The molecule has 2 heterocycles. The molecule has 0 saturated heterocycles. The van der Waals surface area contributed by atoms with Crippen LogP contribution in [0.4, 0.5) is 0 Å². The van der Waals surface area contributed by atoms with Gasteiger partial charge in [-0.2, -0.15) is 5.11 Å². The topological polar surface area (TPSA) is 66.9 Å². The van der Waals surface area contributed by atoms with Gasteiger partial charge in [0.25, 0.3) is 0 Å². The summed E-state index contributed by atoms with van der Waals surface area (Å²) >= 11 is 7.80. The highest BCUT2D eigenvalue weighted by Gasteiger charge is 2.20. The van der Waals surface area contributed by atoms with Crippen molar-refractivity contribution in [2.24, 2.45) is 5.11 Å². The number of benzene rings is 1. The molecule has 3 aromatic rings. The fourth-order valence-electron chi connectivity index (χ4n) is 2.65. The van der Waals surface area contributed by atoms with Crippen LogP contribution in [0.5, 0.6) is 0 Å². The summed E-state index contributed by atoms with van der Waals surface area (Å²) in [5.41, 5.74) is 9.44. The van der Waals surface area contributed by atoms with Gasteiger partial charge >= 0.3 is 0 Å². The van der Waals surface area contributed by atoms with Gasteiger partial charge in [0.05, 0.1) is 5.69 Å². The Kier molecular flexibility index (Phi) is 6.06. The minimum absolute atomic E-state index is 0.264. The minimum Gasteiger partial charge on any atom is -0.317 e. The van der Waals surface area contributed by atoms with E-state index in [2.05, 4.69) is 28.5 Å². The van der Waals surface area contributed by atoms with Crippen molar-refractivity contribution in [3.8, 4) is 0 Å². The van der Waals surface area contributed by atoms with Crippen molar-refractivity contribution in [1.29, 1.82) is 5.53 Å². The van der Waals surface area contributed by atoms with Gasteiger partial charge in [-0.25, -0.2) is 10.5 Å². The molecule has 1 N–H and O–H groups in total. The lowest BCUT2D eigenvalue weighted by Crippen LogP contribution is -2.06. The summed E-state index contributed by atoms with van der Waals surface area (Å²) in [7, 11) is 0. The number of aromatic nitrogens is 3. The molecule has 0 atom stereocenters. The van der Waals surface area contributed by atoms with E-state index in [0.29, 0.717) is 11.6 Å². The summed E-state index contributed by atoms with van der Waals surface area (Å²) < 4.78 is 2.15. The van der Waals surface area contributed by atoms with Crippen LogP contribution in [0.2, 0.25) is 5.02 Å². The van der Waals surface area contributed by atoms with E-state index >= 15 is 0 Å². The Labute approximate surface area is 162 Å². The van der Waals surface area contributed by atoms with Crippen LogP contribution in [-0.2, 0) is 13.1 Å². The second-order valence-corrected chi connectivity index (χ2v) is 7.69. The smallest absolute Gasteiger partial charge is 0.133 e. The lowest BCUT2D eigenvalue weighted by Gasteiger charge is -2.13. The van der Waals surface area contributed by atoms with E-state index in [0.717, 1.165) is 27.0 Å². The van der Waals surface area contributed by atoms with Crippen LogP contribution in [0, 0.1) is 5.53 Å². The third kappa shape index (κ3) is 4.31. The molecule has 0 bridgehead atoms. The maximum Gasteiger partial charge on any atom is 0.133 e. The van der Waals surface area contributed by atoms with Crippen LogP contribution < -0.4 is 0 Å². The molecule has 0 saturated carbocycles. The fraction of sp³-hybridized carbons (Fsp3) is 0.263. The molecule has 0 radical (unpaired) electrons. The molecule has 26 heavy (non-hydrogen) atoms. The van der Waals surface area contributed by atoms with E-state index in [-0.39, 0.29) is 12.5 Å². The zero-order valence-corrected chi connectivity index (χ0v) is 16.3. The van der Waals surface area contributed by atoms with Crippen molar-refractivity contribution in [2.45, 2.75) is 42.8 Å². The molecule has 134 valence electrons. The molecule has 0 amide bonds. The van der Waals surface area contributed by atoms with Gasteiger partial charge in [0.2, 0.25) is 0 Å². The normalized spacial score (nSPS) is 11.1. The van der Waals surface area contributed by atoms with Gasteiger partial charge in [0.15, 0.2) is 0 Å². The van der Waals surface area contributed by atoms with Gasteiger partial charge < -0.3 is 4.57 Å². The first-order chi connectivity index (χ1) is 12.6. The zero-order valence-electron chi connectivity index (χ0n) is 14.7. The largest absolute Gasteiger partial charge is 0.317 e. The highest BCUT2D eigenvalue weighted by molar-refractivity contribution is 7.99. The second-order valence-electron chi connectivity index (χ2n) is 6.19. The molecular weight excluding hydrogens is 366 g/mol. The van der Waals surface area contributed by atoms with E-state index in [4.69, 9.17) is 22.1 Å². The van der Waals surface area contributed by atoms with Crippen LogP contribution in [0.1, 0.15) is 36.8 Å². The number of rotatable bonds is 7. The number of imidazole rings is 1. The first-order valence-electron chi connectivity index (χ1n) is 8.33. The molecule has 0 unspecified atom stereocenters. The Morgan fingerprint density at radius 1 is 1.23 bits per heavy atom. The average molecular weight is 386 g/mol. The average Bonchev–Trinajstić information content (AvgIpc) is 2.94. The Balaban J connectivity index is 2.07. The summed E-state index contributed by atoms with van der Waals surface area (Å²) in [4.78, 5) is 9.94. The zero-order chi connectivity index (χ0) is 18.5. The van der Waals surface area contributed by atoms with Crippen molar-refractivity contribution < 1.29 is 0 Å². The Hall–Kier alpha value is -2.18. The van der Waals surface area contributed by atoms with Crippen molar-refractivity contribution in [3.05, 3.63) is 70.9 Å². The van der Waals surface area contributed by atoms with Crippen molar-refractivity contribution >= 4 is 23.4 Å². The summed E-state index contributed by atoms with van der Waals surface area (Å²) in [5.74, 6) is 1.06. The molecular formula is C19H20ClN5S. The number of nitrogens with zero attached hydrogens (tertiary/aromatic N) is 4. The maximum absolute atomic E-state index is 7.29. The highest BCUT2D eigenvalue weighted by atomic mass is 35.5. The van der Waals surface area contributed by atoms with E-state index in [9.17, 15) is 0 Å². The van der Waals surface area contributed by atoms with Crippen LogP contribution in [-0.4, -0.2) is 14.5 Å². The standard InChI is InChI=1S/C19H20ClN5S/c1-13(2)18-19(26-16-5-3-4-15(20)10-16)25(17(24-18)11-23-21)12-14-6-8-22-9-7-14/h3-10,13,21H,11-12H2,1-2H3. The first-order valence-corrected chi connectivity index (χ1v) is 9.52. The van der Waals surface area contributed by atoms with E-state index in [1.165, 1.54) is 0 Å². The van der Waals surface area contributed by atoms with Crippen LogP contribution >= 0.6 is 23.4 Å². The monoisotopic (exact) mass is 385 g/mol. The summed E-state index contributed by atoms with van der Waals surface area (Å²) in [5, 5.41) is 5.35. The van der Waals surface area contributed by atoms with Crippen molar-refractivity contribution in [2.75, 3.05) is 0 Å². The van der Waals surface area contributed by atoms with Gasteiger partial charge in [0.1, 0.15) is 17.4 Å². The number of nitrogens with one attached hydrogen (secondary N) is 1. The first kappa shape index (κ1) is 18.6. The van der Waals surface area contributed by atoms with Crippen LogP contribution in [0.25, 0.3) is 0 Å². The number of hydrogen-bond acceptors (Lipinski definition) is 5. The van der Waals surface area contributed by atoms with Crippen LogP contribution in [0.3, 0.4) is 0 Å². The Bertz CT molecular complexity index is 892. The van der Waals surface area contributed by atoms with Crippen molar-refractivity contribution in [1.82, 2.24) is 14.5 Å². The highest BCUT2D eigenvalue weighted by Crippen LogP contribution is 2.36. The minimum atomic E-state index is 0.264. The molecule has 0 aliphatic heterocycles. The third-order valence-electron chi connectivity index (χ3n) is 3.89. The predicted molar refractivity (Wildman–Crippen MR) is 104 cm³/mol. The molecule has 5 nitrogen and oxygen atoms in total. The fourth-order valence-corrected chi connectivity index (χ4v) is 4.13. The second kappa shape index (κ2) is 8.47. The van der Waals surface area contributed by atoms with Crippen LogP contribution in [0.15, 0.2) is 63.8 Å². The molecule has 3 rings (SSSR count). The van der Waals surface area contributed by atoms with E-state index in [1.54, 1.807) is 24.2 Å². The van der Waals surface area contributed by atoms with Crippen molar-refractivity contribution in [3.63, 3.8) is 0 Å². The van der Waals surface area contributed by atoms with Gasteiger partial charge in [0, 0.05) is 28.9 Å². The number of halogens is 1. The van der Waals surface area contributed by atoms with Gasteiger partial charge in [-0.05, 0) is 41.8 Å². The number of pyridine rings is 1. The van der Waals surface area contributed by atoms with E-state index < -0.39 is 0 Å². The quantitative estimate of drug-likeness (QED) is 0.523. The molecule has 0 aliphatic rings.